The highest BCUT2D eigenvalue weighted by atomic mass is 16.2. The first-order valence-corrected chi connectivity index (χ1v) is 6.64. The predicted octanol–water partition coefficient (Wildman–Crippen LogP) is 2.10. The second-order valence-electron chi connectivity index (χ2n) is 4.68. The molecule has 0 radical (unpaired) electrons. The number of carbonyl (C=O) groups excluding carboxylic acids is 1. The average molecular weight is 252 g/mol. The SMILES string of the molecule is CCCCC(C)NC(=O)c1c(N)c(C)nn1CC. The number of nitrogens with zero attached hydrogens (tertiary/aromatic N) is 2. The Kier molecular flexibility index (Phi) is 5.19. The third-order valence-corrected chi connectivity index (χ3v) is 3.06. The van der Waals surface area contributed by atoms with Crippen LogP contribution in [-0.4, -0.2) is 21.7 Å². The molecule has 1 unspecified atom stereocenters. The molecule has 0 fully saturated rings. The van der Waals surface area contributed by atoms with Gasteiger partial charge in [0, 0.05) is 12.6 Å². The average Bonchev–Trinajstić information content (AvgIpc) is 2.62. The van der Waals surface area contributed by atoms with E-state index in [0.717, 1.165) is 19.3 Å². The topological polar surface area (TPSA) is 72.9 Å². The van der Waals surface area contributed by atoms with Gasteiger partial charge in [0.25, 0.3) is 5.91 Å². The minimum Gasteiger partial charge on any atom is -0.395 e. The van der Waals surface area contributed by atoms with Crippen molar-refractivity contribution < 1.29 is 4.79 Å². The van der Waals surface area contributed by atoms with Crippen LogP contribution in [0, 0.1) is 6.92 Å². The lowest BCUT2D eigenvalue weighted by Gasteiger charge is -2.14. The first kappa shape index (κ1) is 14.5. The van der Waals surface area contributed by atoms with Crippen LogP contribution in [0.1, 0.15) is 56.2 Å². The zero-order chi connectivity index (χ0) is 13.7. The molecule has 0 saturated heterocycles. The molecule has 0 saturated carbocycles. The zero-order valence-corrected chi connectivity index (χ0v) is 11.8. The Morgan fingerprint density at radius 2 is 2.17 bits per heavy atom. The minimum atomic E-state index is -0.126. The van der Waals surface area contributed by atoms with Crippen molar-refractivity contribution in [3.8, 4) is 0 Å². The molecule has 1 aromatic rings. The van der Waals surface area contributed by atoms with E-state index in [1.807, 2.05) is 20.8 Å². The van der Waals surface area contributed by atoms with Gasteiger partial charge in [-0.3, -0.25) is 9.48 Å². The van der Waals surface area contributed by atoms with Gasteiger partial charge in [-0.25, -0.2) is 0 Å². The number of nitrogens with two attached hydrogens (primary N) is 1. The molecule has 0 aliphatic heterocycles. The predicted molar refractivity (Wildman–Crippen MR) is 73.5 cm³/mol. The monoisotopic (exact) mass is 252 g/mol. The fourth-order valence-corrected chi connectivity index (χ4v) is 1.94. The highest BCUT2D eigenvalue weighted by Gasteiger charge is 2.20. The lowest BCUT2D eigenvalue weighted by Crippen LogP contribution is -2.34. The molecule has 5 nitrogen and oxygen atoms in total. The van der Waals surface area contributed by atoms with Crippen LogP contribution in [0.15, 0.2) is 0 Å². The molecule has 5 heteroatoms. The molecule has 0 spiro atoms. The standard InChI is InChI=1S/C13H24N4O/c1-5-7-8-9(3)15-13(18)12-11(14)10(4)16-17(12)6-2/h9H,5-8,14H2,1-4H3,(H,15,18). The Morgan fingerprint density at radius 1 is 1.50 bits per heavy atom. The molecule has 1 rings (SSSR count). The third kappa shape index (κ3) is 3.24. The van der Waals surface area contributed by atoms with Crippen molar-refractivity contribution in [2.24, 2.45) is 0 Å². The van der Waals surface area contributed by atoms with E-state index < -0.39 is 0 Å². The summed E-state index contributed by atoms with van der Waals surface area (Å²) in [6, 6.07) is 0.164. The Bertz CT molecular complexity index is 411. The van der Waals surface area contributed by atoms with E-state index >= 15 is 0 Å². The quantitative estimate of drug-likeness (QED) is 0.814. The number of nitrogen functional groups attached to an aromatic ring is 1. The molecule has 0 aliphatic rings. The van der Waals surface area contributed by atoms with Gasteiger partial charge in [-0.05, 0) is 27.2 Å². The summed E-state index contributed by atoms with van der Waals surface area (Å²) >= 11 is 0. The van der Waals surface area contributed by atoms with Gasteiger partial charge in [-0.2, -0.15) is 5.10 Å². The first-order valence-electron chi connectivity index (χ1n) is 6.64. The Morgan fingerprint density at radius 3 is 2.72 bits per heavy atom. The maximum absolute atomic E-state index is 12.2. The number of unbranched alkanes of at least 4 members (excludes halogenated alkanes) is 1. The van der Waals surface area contributed by atoms with Crippen LogP contribution in [0.2, 0.25) is 0 Å². The third-order valence-electron chi connectivity index (χ3n) is 3.06. The van der Waals surface area contributed by atoms with Crippen molar-refractivity contribution in [2.75, 3.05) is 5.73 Å². The second kappa shape index (κ2) is 6.42. The van der Waals surface area contributed by atoms with Gasteiger partial charge in [-0.1, -0.05) is 19.8 Å². The van der Waals surface area contributed by atoms with Crippen LogP contribution in [0.25, 0.3) is 0 Å². The summed E-state index contributed by atoms with van der Waals surface area (Å²) in [6.07, 6.45) is 3.23. The van der Waals surface area contributed by atoms with E-state index in [-0.39, 0.29) is 11.9 Å². The van der Waals surface area contributed by atoms with Crippen LogP contribution < -0.4 is 11.1 Å². The Balaban J connectivity index is 2.77. The second-order valence-corrected chi connectivity index (χ2v) is 4.68. The molecule has 1 aromatic heterocycles. The summed E-state index contributed by atoms with van der Waals surface area (Å²) in [5.41, 5.74) is 7.59. The van der Waals surface area contributed by atoms with Gasteiger partial charge in [-0.15, -0.1) is 0 Å². The molecule has 18 heavy (non-hydrogen) atoms. The molecular formula is C13H24N4O. The van der Waals surface area contributed by atoms with Gasteiger partial charge in [0.15, 0.2) is 0 Å². The summed E-state index contributed by atoms with van der Waals surface area (Å²) < 4.78 is 1.66. The molecule has 102 valence electrons. The number of anilines is 1. The van der Waals surface area contributed by atoms with Crippen molar-refractivity contribution in [1.82, 2.24) is 15.1 Å². The van der Waals surface area contributed by atoms with Crippen molar-refractivity contribution in [3.63, 3.8) is 0 Å². The van der Waals surface area contributed by atoms with Gasteiger partial charge in [0.05, 0.1) is 11.4 Å². The smallest absolute Gasteiger partial charge is 0.271 e. The highest BCUT2D eigenvalue weighted by Crippen LogP contribution is 2.16. The highest BCUT2D eigenvalue weighted by molar-refractivity contribution is 5.98. The number of carbonyl (C=O) groups is 1. The maximum Gasteiger partial charge on any atom is 0.271 e. The molecular weight excluding hydrogens is 228 g/mol. The van der Waals surface area contributed by atoms with E-state index in [4.69, 9.17) is 5.73 Å². The van der Waals surface area contributed by atoms with Crippen LogP contribution in [0.3, 0.4) is 0 Å². The number of rotatable bonds is 6. The van der Waals surface area contributed by atoms with Gasteiger partial charge >= 0.3 is 0 Å². The van der Waals surface area contributed by atoms with E-state index in [2.05, 4.69) is 17.3 Å². The largest absolute Gasteiger partial charge is 0.395 e. The molecule has 1 amide bonds. The van der Waals surface area contributed by atoms with Crippen LogP contribution >= 0.6 is 0 Å². The fraction of sp³-hybridized carbons (Fsp3) is 0.692. The van der Waals surface area contributed by atoms with Crippen molar-refractivity contribution in [2.45, 2.75) is 59.5 Å². The van der Waals surface area contributed by atoms with Crippen LogP contribution in [0.5, 0.6) is 0 Å². The van der Waals surface area contributed by atoms with Crippen molar-refractivity contribution in [1.29, 1.82) is 0 Å². The molecule has 1 heterocycles. The van der Waals surface area contributed by atoms with E-state index in [0.29, 0.717) is 23.6 Å². The van der Waals surface area contributed by atoms with Crippen LogP contribution in [0.4, 0.5) is 5.69 Å². The normalized spacial score (nSPS) is 12.4. The van der Waals surface area contributed by atoms with Crippen molar-refractivity contribution >= 4 is 11.6 Å². The Labute approximate surface area is 109 Å². The minimum absolute atomic E-state index is 0.126. The molecule has 0 bridgehead atoms. The van der Waals surface area contributed by atoms with Crippen molar-refractivity contribution in [3.05, 3.63) is 11.4 Å². The summed E-state index contributed by atoms with van der Waals surface area (Å²) in [5, 5.41) is 7.23. The van der Waals surface area contributed by atoms with Crippen LogP contribution in [-0.2, 0) is 6.54 Å². The number of amides is 1. The molecule has 1 atom stereocenters. The number of aryl methyl sites for hydroxylation is 2. The molecule has 3 N–H and O–H groups in total. The summed E-state index contributed by atoms with van der Waals surface area (Å²) in [7, 11) is 0. The fourth-order valence-electron chi connectivity index (χ4n) is 1.94. The number of hydrogen-bond donors (Lipinski definition) is 2. The summed E-state index contributed by atoms with van der Waals surface area (Å²) in [5.74, 6) is -0.126. The Hall–Kier alpha value is -1.52. The van der Waals surface area contributed by atoms with Gasteiger partial charge in [0.2, 0.25) is 0 Å². The lowest BCUT2D eigenvalue weighted by atomic mass is 10.1. The van der Waals surface area contributed by atoms with Gasteiger partial charge < -0.3 is 11.1 Å². The number of nitrogens with one attached hydrogen (secondary N) is 1. The molecule has 0 aromatic carbocycles. The maximum atomic E-state index is 12.2. The lowest BCUT2D eigenvalue weighted by molar-refractivity contribution is 0.0928. The molecule has 0 aliphatic carbocycles. The summed E-state index contributed by atoms with van der Waals surface area (Å²) in [6.45, 7) is 8.57. The van der Waals surface area contributed by atoms with E-state index in [1.165, 1.54) is 0 Å². The number of aromatic nitrogens is 2. The van der Waals surface area contributed by atoms with Gasteiger partial charge in [0.1, 0.15) is 5.69 Å². The number of hydrogen-bond acceptors (Lipinski definition) is 3. The zero-order valence-electron chi connectivity index (χ0n) is 11.8. The van der Waals surface area contributed by atoms with E-state index in [1.54, 1.807) is 4.68 Å². The first-order chi connectivity index (χ1) is 8.51. The summed E-state index contributed by atoms with van der Waals surface area (Å²) in [4.78, 5) is 12.2. The van der Waals surface area contributed by atoms with E-state index in [9.17, 15) is 4.79 Å².